The lowest BCUT2D eigenvalue weighted by atomic mass is 9.82. The normalized spacial score (nSPS) is 14.4. The second kappa shape index (κ2) is 11.3. The second-order valence-electron chi connectivity index (χ2n) is 10.1. The van der Waals surface area contributed by atoms with Crippen molar-refractivity contribution in [3.8, 4) is 11.5 Å². The van der Waals surface area contributed by atoms with Crippen molar-refractivity contribution in [1.29, 1.82) is 0 Å². The first-order chi connectivity index (χ1) is 15.5. The molecule has 0 aliphatic carbocycles. The summed E-state index contributed by atoms with van der Waals surface area (Å²) in [6.07, 6.45) is -0.918. The summed E-state index contributed by atoms with van der Waals surface area (Å²) in [7, 11) is 1.15. The fourth-order valence-corrected chi connectivity index (χ4v) is 2.81. The number of ether oxygens (including phenoxy) is 4. The molecule has 0 radical (unpaired) electrons. The van der Waals surface area contributed by atoms with E-state index in [0.29, 0.717) is 5.56 Å². The van der Waals surface area contributed by atoms with Crippen LogP contribution in [0.25, 0.3) is 0 Å². The molecule has 1 rings (SSSR count). The number of hydrogen-bond donors (Lipinski definition) is 2. The fraction of sp³-hybridized carbons (Fsp3) is 0.583. The predicted molar refractivity (Wildman–Crippen MR) is 122 cm³/mol. The Morgan fingerprint density at radius 1 is 0.941 bits per heavy atom. The zero-order valence-corrected chi connectivity index (χ0v) is 21.0. The van der Waals surface area contributed by atoms with Gasteiger partial charge in [-0.1, -0.05) is 13.0 Å². The van der Waals surface area contributed by atoms with Crippen LogP contribution in [0.2, 0.25) is 0 Å². The minimum atomic E-state index is -1.37. The number of methoxy groups -OCH3 is 1. The lowest BCUT2D eigenvalue weighted by Crippen LogP contribution is -2.40. The van der Waals surface area contributed by atoms with Crippen LogP contribution in [0.15, 0.2) is 18.2 Å². The van der Waals surface area contributed by atoms with Gasteiger partial charge in [0, 0.05) is 5.92 Å². The van der Waals surface area contributed by atoms with Gasteiger partial charge in [-0.05, 0) is 65.2 Å². The molecular formula is C24H35NO9. The van der Waals surface area contributed by atoms with Crippen LogP contribution in [0.3, 0.4) is 0 Å². The van der Waals surface area contributed by atoms with Gasteiger partial charge in [0.05, 0.1) is 24.5 Å². The predicted octanol–water partition coefficient (Wildman–Crippen LogP) is 3.50. The van der Waals surface area contributed by atoms with Gasteiger partial charge in [-0.2, -0.15) is 0 Å². The number of carbonyl (C=O) groups excluding carboxylic acids is 3. The van der Waals surface area contributed by atoms with Gasteiger partial charge < -0.3 is 29.8 Å². The Balaban J connectivity index is 3.50. The molecule has 0 saturated carbocycles. The van der Waals surface area contributed by atoms with Crippen molar-refractivity contribution in [3.05, 3.63) is 23.8 Å². The molecule has 0 aliphatic rings. The lowest BCUT2D eigenvalue weighted by molar-refractivity contribution is -0.145. The van der Waals surface area contributed by atoms with Crippen LogP contribution in [-0.4, -0.2) is 48.9 Å². The third kappa shape index (κ3) is 8.02. The first kappa shape index (κ1) is 28.9. The molecule has 0 heterocycles. The van der Waals surface area contributed by atoms with E-state index in [2.05, 4.69) is 4.74 Å². The molecule has 0 saturated heterocycles. The summed E-state index contributed by atoms with van der Waals surface area (Å²) in [5.74, 6) is -3.86. The Bertz CT molecular complexity index is 912. The van der Waals surface area contributed by atoms with E-state index in [-0.39, 0.29) is 18.1 Å². The molecule has 2 unspecified atom stereocenters. The van der Waals surface area contributed by atoms with Gasteiger partial charge in [0.15, 0.2) is 11.5 Å². The molecule has 3 atom stereocenters. The summed E-state index contributed by atoms with van der Waals surface area (Å²) >= 11 is 0. The van der Waals surface area contributed by atoms with Crippen LogP contribution in [-0.2, 0) is 23.9 Å². The van der Waals surface area contributed by atoms with Gasteiger partial charge in [-0.15, -0.1) is 0 Å². The average Bonchev–Trinajstić information content (AvgIpc) is 2.72. The Morgan fingerprint density at radius 2 is 1.44 bits per heavy atom. The van der Waals surface area contributed by atoms with E-state index in [9.17, 15) is 24.3 Å². The van der Waals surface area contributed by atoms with Gasteiger partial charge in [-0.25, -0.2) is 4.79 Å². The molecule has 190 valence electrons. The van der Waals surface area contributed by atoms with E-state index in [0.717, 1.165) is 7.11 Å². The molecule has 0 amide bonds. The minimum absolute atomic E-state index is 0.00221. The number of carboxylic acid groups (broad SMARTS) is 1. The van der Waals surface area contributed by atoms with Gasteiger partial charge in [0.2, 0.25) is 0 Å². The quantitative estimate of drug-likeness (QED) is 0.417. The van der Waals surface area contributed by atoms with Crippen LogP contribution in [0.5, 0.6) is 11.5 Å². The Labute approximate surface area is 199 Å². The van der Waals surface area contributed by atoms with Crippen LogP contribution in [0.1, 0.15) is 59.9 Å². The fourth-order valence-electron chi connectivity index (χ4n) is 2.81. The summed E-state index contributed by atoms with van der Waals surface area (Å²) in [6, 6.07) is 2.99. The van der Waals surface area contributed by atoms with Crippen LogP contribution in [0, 0.1) is 16.7 Å². The van der Waals surface area contributed by atoms with E-state index < -0.39 is 52.8 Å². The molecule has 0 aromatic heterocycles. The molecule has 10 nitrogen and oxygen atoms in total. The maximum Gasteiger partial charge on any atom is 0.507 e. The van der Waals surface area contributed by atoms with Crippen molar-refractivity contribution in [3.63, 3.8) is 0 Å². The van der Waals surface area contributed by atoms with Gasteiger partial charge in [0.1, 0.15) is 6.04 Å². The zero-order valence-electron chi connectivity index (χ0n) is 21.0. The molecule has 0 spiro atoms. The molecule has 3 N–H and O–H groups in total. The number of carboxylic acids is 1. The van der Waals surface area contributed by atoms with E-state index in [1.807, 2.05) is 0 Å². The first-order valence-corrected chi connectivity index (χ1v) is 10.8. The average molecular weight is 482 g/mol. The highest BCUT2D eigenvalue weighted by atomic mass is 16.7. The zero-order chi connectivity index (χ0) is 26.4. The molecule has 0 bridgehead atoms. The molecule has 0 fully saturated rings. The Kier molecular flexibility index (Phi) is 9.62. The summed E-state index contributed by atoms with van der Waals surface area (Å²) in [4.78, 5) is 48.1. The van der Waals surface area contributed by atoms with Crippen molar-refractivity contribution < 1.29 is 43.2 Å². The van der Waals surface area contributed by atoms with Crippen LogP contribution in [0.4, 0.5) is 4.79 Å². The van der Waals surface area contributed by atoms with Crippen molar-refractivity contribution in [1.82, 2.24) is 0 Å². The highest BCUT2D eigenvalue weighted by molar-refractivity contribution is 5.81. The topological polar surface area (TPSA) is 151 Å². The van der Waals surface area contributed by atoms with Gasteiger partial charge in [0.25, 0.3) is 0 Å². The van der Waals surface area contributed by atoms with Crippen molar-refractivity contribution >= 4 is 24.1 Å². The molecule has 10 heteroatoms. The highest BCUT2D eigenvalue weighted by Gasteiger charge is 2.34. The second-order valence-corrected chi connectivity index (χ2v) is 10.1. The van der Waals surface area contributed by atoms with Crippen molar-refractivity contribution in [2.45, 2.75) is 60.4 Å². The number of carbonyl (C=O) groups is 4. The number of nitrogens with two attached hydrogens (primary N) is 1. The maximum absolute atomic E-state index is 12.6. The van der Waals surface area contributed by atoms with Crippen molar-refractivity contribution in [2.24, 2.45) is 22.5 Å². The summed E-state index contributed by atoms with van der Waals surface area (Å²) < 4.78 is 20.4. The first-order valence-electron chi connectivity index (χ1n) is 10.8. The summed E-state index contributed by atoms with van der Waals surface area (Å²) in [6.45, 7) is 11.5. The number of esters is 2. The third-order valence-electron chi connectivity index (χ3n) is 4.90. The van der Waals surface area contributed by atoms with E-state index in [1.54, 1.807) is 48.5 Å². The Morgan fingerprint density at radius 3 is 1.88 bits per heavy atom. The van der Waals surface area contributed by atoms with Crippen molar-refractivity contribution in [2.75, 3.05) is 13.7 Å². The lowest BCUT2D eigenvalue weighted by Gasteiger charge is -2.28. The van der Waals surface area contributed by atoms with E-state index in [1.165, 1.54) is 18.2 Å². The minimum Gasteiger partial charge on any atom is -0.480 e. The van der Waals surface area contributed by atoms with E-state index in [4.69, 9.17) is 19.9 Å². The molecule has 1 aromatic rings. The number of aliphatic carboxylic acids is 1. The van der Waals surface area contributed by atoms with Gasteiger partial charge in [-0.3, -0.25) is 14.4 Å². The molecule has 1 aromatic carbocycles. The number of hydrogen-bond acceptors (Lipinski definition) is 9. The largest absolute Gasteiger partial charge is 0.507 e. The van der Waals surface area contributed by atoms with E-state index >= 15 is 0 Å². The van der Waals surface area contributed by atoms with Crippen LogP contribution < -0.4 is 15.2 Å². The number of rotatable bonds is 8. The maximum atomic E-state index is 12.6. The highest BCUT2D eigenvalue weighted by Crippen LogP contribution is 2.37. The van der Waals surface area contributed by atoms with Gasteiger partial charge >= 0.3 is 24.1 Å². The SMILES string of the molecule is COC(=O)OCC(C)C(c1ccc(OC(=O)C(C)(C)C)c(OC(=O)C(C)(C)C)c1)[C@H](N)C(=O)O. The Hall–Kier alpha value is -3.14. The number of benzene rings is 1. The standard InChI is InChI=1S/C24H35NO9/c1-13(12-32-22(30)31-8)17(18(25)19(26)27)14-9-10-15(33-20(28)23(2,3)4)16(11-14)34-21(29)24(5,6)7/h9-11,13,17-18H,12,25H2,1-8H3,(H,26,27)/t13?,17?,18-/m0/s1. The molecular weight excluding hydrogens is 446 g/mol. The smallest absolute Gasteiger partial charge is 0.480 e. The monoisotopic (exact) mass is 481 g/mol. The summed E-state index contributed by atoms with van der Waals surface area (Å²) in [5.41, 5.74) is 4.67. The third-order valence-corrected chi connectivity index (χ3v) is 4.90. The van der Waals surface area contributed by atoms with Crippen LogP contribution >= 0.6 is 0 Å². The molecule has 0 aliphatic heterocycles. The summed E-state index contributed by atoms with van der Waals surface area (Å²) in [5, 5.41) is 9.56. The molecule has 34 heavy (non-hydrogen) atoms.